The Morgan fingerprint density at radius 2 is 1.00 bits per heavy atom. The lowest BCUT2D eigenvalue weighted by atomic mass is 9.95. The molecule has 0 aliphatic heterocycles. The molecule has 0 aromatic heterocycles. The van der Waals surface area contributed by atoms with E-state index in [0.29, 0.717) is 12.1 Å². The van der Waals surface area contributed by atoms with Crippen LogP contribution in [0.4, 0.5) is 35.1 Å². The van der Waals surface area contributed by atoms with Crippen molar-refractivity contribution in [3.63, 3.8) is 0 Å². The fraction of sp³-hybridized carbons (Fsp3) is 0.235. The van der Waals surface area contributed by atoms with Gasteiger partial charge in [-0.1, -0.05) is 0 Å². The number of halogens is 8. The Morgan fingerprint density at radius 3 is 1.27 bits per heavy atom. The Hall–Kier alpha value is -2.45. The minimum atomic E-state index is -4.92. The summed E-state index contributed by atoms with van der Waals surface area (Å²) in [5, 5.41) is 0. The maximum Gasteiger partial charge on any atom is 0.416 e. The van der Waals surface area contributed by atoms with Crippen molar-refractivity contribution in [2.45, 2.75) is 26.2 Å². The summed E-state index contributed by atoms with van der Waals surface area (Å²) in [5.74, 6) is -4.33. The number of hydrogen-bond acceptors (Lipinski definition) is 1. The van der Waals surface area contributed by atoms with Gasteiger partial charge in [0.15, 0.2) is 5.78 Å². The number of benzene rings is 2. The van der Waals surface area contributed by atoms with Gasteiger partial charge in [-0.15, -0.1) is 0 Å². The molecule has 140 valence electrons. The number of rotatable bonds is 2. The van der Waals surface area contributed by atoms with E-state index in [-0.39, 0.29) is 12.1 Å². The van der Waals surface area contributed by atoms with Gasteiger partial charge in [0.25, 0.3) is 0 Å². The first-order valence-corrected chi connectivity index (χ1v) is 7.03. The van der Waals surface area contributed by atoms with Crippen LogP contribution in [0.2, 0.25) is 0 Å². The van der Waals surface area contributed by atoms with Crippen LogP contribution in [-0.4, -0.2) is 5.78 Å². The zero-order valence-corrected chi connectivity index (χ0v) is 13.2. The topological polar surface area (TPSA) is 17.1 Å². The van der Waals surface area contributed by atoms with Gasteiger partial charge in [0.05, 0.1) is 22.3 Å². The minimum absolute atomic E-state index is 0.152. The average Bonchev–Trinajstić information content (AvgIpc) is 2.49. The maximum atomic E-state index is 14.1. The molecule has 0 atom stereocenters. The van der Waals surface area contributed by atoms with Gasteiger partial charge in [0, 0.05) is 0 Å². The molecule has 0 aliphatic carbocycles. The zero-order valence-electron chi connectivity index (χ0n) is 13.2. The second-order valence-electron chi connectivity index (χ2n) is 5.63. The maximum absolute atomic E-state index is 14.1. The predicted octanol–water partition coefficient (Wildman–Crippen LogP) is 5.85. The molecule has 26 heavy (non-hydrogen) atoms. The highest BCUT2D eigenvalue weighted by atomic mass is 19.4. The summed E-state index contributed by atoms with van der Waals surface area (Å²) in [5.41, 5.74) is -6.16. The molecule has 0 unspecified atom stereocenters. The lowest BCUT2D eigenvalue weighted by Crippen LogP contribution is -2.15. The average molecular weight is 382 g/mol. The Labute approximate surface area is 142 Å². The predicted molar refractivity (Wildman–Crippen MR) is 75.7 cm³/mol. The molecule has 0 saturated heterocycles. The van der Waals surface area contributed by atoms with Crippen molar-refractivity contribution in [3.05, 3.63) is 69.3 Å². The third kappa shape index (κ3) is 3.71. The second kappa shape index (κ2) is 6.37. The fourth-order valence-corrected chi connectivity index (χ4v) is 2.34. The van der Waals surface area contributed by atoms with Gasteiger partial charge in [-0.25, -0.2) is 8.78 Å². The first-order chi connectivity index (χ1) is 11.7. The highest BCUT2D eigenvalue weighted by Crippen LogP contribution is 2.35. The van der Waals surface area contributed by atoms with Gasteiger partial charge in [-0.3, -0.25) is 4.79 Å². The molecular formula is C17H10F8O. The van der Waals surface area contributed by atoms with Gasteiger partial charge >= 0.3 is 12.4 Å². The monoisotopic (exact) mass is 382 g/mol. The van der Waals surface area contributed by atoms with E-state index in [0.717, 1.165) is 13.8 Å². The van der Waals surface area contributed by atoms with E-state index in [2.05, 4.69) is 0 Å². The van der Waals surface area contributed by atoms with E-state index >= 15 is 0 Å². The number of aryl methyl sites for hydroxylation is 2. The summed E-state index contributed by atoms with van der Waals surface area (Å²) in [6, 6.07) is 1.19. The third-order valence-electron chi connectivity index (χ3n) is 3.65. The molecule has 0 bridgehead atoms. The van der Waals surface area contributed by atoms with Crippen molar-refractivity contribution in [1.29, 1.82) is 0 Å². The van der Waals surface area contributed by atoms with Gasteiger partial charge in [-0.05, 0) is 49.2 Å². The van der Waals surface area contributed by atoms with Crippen molar-refractivity contribution in [1.82, 2.24) is 0 Å². The molecule has 9 heteroatoms. The smallest absolute Gasteiger partial charge is 0.288 e. The molecule has 0 radical (unpaired) electrons. The lowest BCUT2D eigenvalue weighted by Gasteiger charge is -2.14. The fourth-order valence-electron chi connectivity index (χ4n) is 2.34. The summed E-state index contributed by atoms with van der Waals surface area (Å²) in [7, 11) is 0. The Balaban J connectivity index is 2.71. The van der Waals surface area contributed by atoms with Crippen LogP contribution in [0.3, 0.4) is 0 Å². The Morgan fingerprint density at radius 1 is 0.692 bits per heavy atom. The van der Waals surface area contributed by atoms with E-state index in [1.54, 1.807) is 0 Å². The molecule has 2 aromatic rings. The highest BCUT2D eigenvalue weighted by molar-refractivity contribution is 6.09. The Bertz CT molecular complexity index is 806. The van der Waals surface area contributed by atoms with E-state index in [1.165, 1.54) is 0 Å². The number of carbonyl (C=O) groups is 1. The summed E-state index contributed by atoms with van der Waals surface area (Å²) in [6.07, 6.45) is -9.84. The standard InChI is InChI=1S/C17H10F8O/c1-7-3-9(16(20,21)22)5-11(13(7)18)15(26)12-6-10(17(23,24)25)4-8(2)14(12)19/h3-6H,1-2H3. The molecule has 0 heterocycles. The number of ketones is 1. The molecule has 0 amide bonds. The quantitative estimate of drug-likeness (QED) is 0.470. The summed E-state index contributed by atoms with van der Waals surface area (Å²) >= 11 is 0. The minimum Gasteiger partial charge on any atom is -0.288 e. The molecule has 0 aliphatic rings. The summed E-state index contributed by atoms with van der Waals surface area (Å²) in [4.78, 5) is 12.3. The van der Waals surface area contributed by atoms with Crippen LogP contribution in [-0.2, 0) is 12.4 Å². The lowest BCUT2D eigenvalue weighted by molar-refractivity contribution is -0.138. The van der Waals surface area contributed by atoms with Gasteiger partial charge in [0.2, 0.25) is 0 Å². The zero-order chi connectivity index (χ0) is 20.0. The van der Waals surface area contributed by atoms with Crippen LogP contribution < -0.4 is 0 Å². The van der Waals surface area contributed by atoms with Crippen molar-refractivity contribution < 1.29 is 39.9 Å². The SMILES string of the molecule is Cc1cc(C(F)(F)F)cc(C(=O)c2cc(C(F)(F)F)cc(C)c2F)c1F. The van der Waals surface area contributed by atoms with E-state index in [4.69, 9.17) is 0 Å². The van der Waals surface area contributed by atoms with Crippen LogP contribution in [0.25, 0.3) is 0 Å². The van der Waals surface area contributed by atoms with Crippen molar-refractivity contribution in [3.8, 4) is 0 Å². The number of alkyl halides is 6. The second-order valence-corrected chi connectivity index (χ2v) is 5.63. The molecule has 1 nitrogen and oxygen atoms in total. The van der Waals surface area contributed by atoms with Gasteiger partial charge in [-0.2, -0.15) is 26.3 Å². The van der Waals surface area contributed by atoms with Crippen molar-refractivity contribution in [2.24, 2.45) is 0 Å². The number of carbonyl (C=O) groups excluding carboxylic acids is 1. The van der Waals surface area contributed by atoms with Crippen LogP contribution in [0.15, 0.2) is 24.3 Å². The molecule has 0 N–H and O–H groups in total. The first kappa shape index (κ1) is 19.9. The molecular weight excluding hydrogens is 372 g/mol. The van der Waals surface area contributed by atoms with Crippen molar-refractivity contribution >= 4 is 5.78 Å². The van der Waals surface area contributed by atoms with Crippen LogP contribution in [0, 0.1) is 25.5 Å². The largest absolute Gasteiger partial charge is 0.416 e. The summed E-state index contributed by atoms with van der Waals surface area (Å²) < 4.78 is 105. The molecule has 0 spiro atoms. The molecule has 2 rings (SSSR count). The normalized spacial score (nSPS) is 12.4. The van der Waals surface area contributed by atoms with Gasteiger partial charge in [0.1, 0.15) is 11.6 Å². The van der Waals surface area contributed by atoms with E-state index in [9.17, 15) is 39.9 Å². The summed E-state index contributed by atoms with van der Waals surface area (Å²) in [6.45, 7) is 1.91. The Kier molecular flexibility index (Phi) is 4.87. The first-order valence-electron chi connectivity index (χ1n) is 7.03. The molecule has 0 saturated carbocycles. The van der Waals surface area contributed by atoms with E-state index < -0.39 is 63.2 Å². The van der Waals surface area contributed by atoms with E-state index in [1.807, 2.05) is 0 Å². The molecule has 0 fully saturated rings. The third-order valence-corrected chi connectivity index (χ3v) is 3.65. The van der Waals surface area contributed by atoms with Gasteiger partial charge < -0.3 is 0 Å². The number of hydrogen-bond donors (Lipinski definition) is 0. The van der Waals surface area contributed by atoms with Crippen LogP contribution in [0.1, 0.15) is 38.2 Å². The molecule has 2 aromatic carbocycles. The van der Waals surface area contributed by atoms with Crippen molar-refractivity contribution in [2.75, 3.05) is 0 Å². The van der Waals surface area contributed by atoms with Crippen LogP contribution in [0.5, 0.6) is 0 Å². The highest BCUT2D eigenvalue weighted by Gasteiger charge is 2.35. The van der Waals surface area contributed by atoms with Crippen LogP contribution >= 0.6 is 0 Å².